The quantitative estimate of drug-likeness (QED) is 0.813. The molecule has 0 spiro atoms. The zero-order chi connectivity index (χ0) is 17.7. The van der Waals surface area contributed by atoms with Gasteiger partial charge in [-0.15, -0.1) is 0 Å². The Balaban J connectivity index is 2.56. The van der Waals surface area contributed by atoms with Gasteiger partial charge in [0.15, 0.2) is 0 Å². The van der Waals surface area contributed by atoms with Gasteiger partial charge in [-0.05, 0) is 44.9 Å². The smallest absolute Gasteiger partial charge is 0.235 e. The van der Waals surface area contributed by atoms with Gasteiger partial charge in [-0.3, -0.25) is 4.79 Å². The van der Waals surface area contributed by atoms with Gasteiger partial charge in [0.25, 0.3) is 0 Å². The van der Waals surface area contributed by atoms with Crippen LogP contribution in [0.3, 0.4) is 0 Å². The lowest BCUT2D eigenvalue weighted by molar-refractivity contribution is -0.121. The highest BCUT2D eigenvalue weighted by molar-refractivity contribution is 7.88. The number of ether oxygens (including phenoxy) is 1. The Morgan fingerprint density at radius 2 is 1.96 bits per heavy atom. The van der Waals surface area contributed by atoms with Gasteiger partial charge in [0.2, 0.25) is 15.9 Å². The predicted octanol–water partition coefficient (Wildman–Crippen LogP) is 1.41. The van der Waals surface area contributed by atoms with E-state index in [2.05, 4.69) is 5.32 Å². The van der Waals surface area contributed by atoms with Gasteiger partial charge in [0.05, 0.1) is 19.9 Å². The van der Waals surface area contributed by atoms with Gasteiger partial charge in [-0.1, -0.05) is 12.1 Å². The topological polar surface area (TPSA) is 75.7 Å². The summed E-state index contributed by atoms with van der Waals surface area (Å²) in [4.78, 5) is 12.0. The molecule has 0 aliphatic heterocycles. The highest BCUT2D eigenvalue weighted by Gasteiger charge is 2.31. The van der Waals surface area contributed by atoms with Gasteiger partial charge >= 0.3 is 0 Å². The second kappa shape index (κ2) is 7.79. The molecule has 0 radical (unpaired) electrons. The van der Waals surface area contributed by atoms with Crippen LogP contribution in [0, 0.1) is 0 Å². The molecule has 1 rings (SSSR count). The number of hydrogen-bond donors (Lipinski definition) is 1. The maximum atomic E-state index is 12.0. The number of methoxy groups -OCH3 is 1. The van der Waals surface area contributed by atoms with Crippen molar-refractivity contribution in [1.82, 2.24) is 9.62 Å². The number of rotatable bonds is 7. The third-order valence-corrected chi connectivity index (χ3v) is 4.78. The summed E-state index contributed by atoms with van der Waals surface area (Å²) in [5.41, 5.74) is 0.401. The van der Waals surface area contributed by atoms with E-state index in [4.69, 9.17) is 4.74 Å². The lowest BCUT2D eigenvalue weighted by Gasteiger charge is -2.32. The molecule has 130 valence electrons. The van der Waals surface area contributed by atoms with Gasteiger partial charge in [0, 0.05) is 12.1 Å². The molecule has 1 N–H and O–H groups in total. The molecule has 0 heterocycles. The molecule has 23 heavy (non-hydrogen) atoms. The summed E-state index contributed by atoms with van der Waals surface area (Å²) in [6.45, 7) is 5.54. The summed E-state index contributed by atoms with van der Waals surface area (Å²) in [5.74, 6) is 0.457. The standard InChI is InChI=1S/C16H26N2O4S/c1-16(2,3)18(23(5,20)21)12-15(19)17-10-9-13-7-6-8-14(11-13)22-4/h6-8,11H,9-10,12H2,1-5H3,(H,17,19). The van der Waals surface area contributed by atoms with E-state index in [-0.39, 0.29) is 12.5 Å². The monoisotopic (exact) mass is 342 g/mol. The Morgan fingerprint density at radius 1 is 1.30 bits per heavy atom. The van der Waals surface area contributed by atoms with E-state index in [0.29, 0.717) is 13.0 Å². The van der Waals surface area contributed by atoms with Crippen LogP contribution in [0.4, 0.5) is 0 Å². The first-order valence-electron chi connectivity index (χ1n) is 7.41. The van der Waals surface area contributed by atoms with E-state index >= 15 is 0 Å². The number of carbonyl (C=O) groups excluding carboxylic acids is 1. The number of sulfonamides is 1. The molecule has 0 fully saturated rings. The second-order valence-corrected chi connectivity index (χ2v) is 8.30. The first-order valence-corrected chi connectivity index (χ1v) is 9.26. The van der Waals surface area contributed by atoms with E-state index in [1.807, 2.05) is 24.3 Å². The van der Waals surface area contributed by atoms with Crippen LogP contribution in [-0.2, 0) is 21.2 Å². The van der Waals surface area contributed by atoms with Gasteiger partial charge in [0.1, 0.15) is 5.75 Å². The Labute approximate surface area is 138 Å². The van der Waals surface area contributed by atoms with Gasteiger partial charge < -0.3 is 10.1 Å². The van der Waals surface area contributed by atoms with Crippen LogP contribution in [0.2, 0.25) is 0 Å². The zero-order valence-corrected chi connectivity index (χ0v) is 15.2. The number of carbonyl (C=O) groups is 1. The number of benzene rings is 1. The van der Waals surface area contributed by atoms with Crippen LogP contribution in [-0.4, -0.2) is 50.6 Å². The first-order chi connectivity index (χ1) is 10.5. The van der Waals surface area contributed by atoms with Crippen molar-refractivity contribution in [2.24, 2.45) is 0 Å². The van der Waals surface area contributed by atoms with Crippen molar-refractivity contribution in [3.8, 4) is 5.75 Å². The Morgan fingerprint density at radius 3 is 2.48 bits per heavy atom. The first kappa shape index (κ1) is 19.4. The molecule has 1 aromatic rings. The molecule has 1 aromatic carbocycles. The number of nitrogens with one attached hydrogen (secondary N) is 1. The molecule has 7 heteroatoms. The molecule has 0 aliphatic rings. The average molecular weight is 342 g/mol. The van der Waals surface area contributed by atoms with E-state index in [9.17, 15) is 13.2 Å². The van der Waals surface area contributed by atoms with Crippen LogP contribution in [0.25, 0.3) is 0 Å². The maximum Gasteiger partial charge on any atom is 0.235 e. The molecule has 0 aliphatic carbocycles. The van der Waals surface area contributed by atoms with Crippen molar-refractivity contribution in [3.05, 3.63) is 29.8 Å². The van der Waals surface area contributed by atoms with Crippen LogP contribution in [0.1, 0.15) is 26.3 Å². The highest BCUT2D eigenvalue weighted by Crippen LogP contribution is 2.16. The van der Waals surface area contributed by atoms with Crippen molar-refractivity contribution in [3.63, 3.8) is 0 Å². The fourth-order valence-corrected chi connectivity index (χ4v) is 3.56. The number of nitrogens with zero attached hydrogens (tertiary/aromatic N) is 1. The molecule has 0 aromatic heterocycles. The lowest BCUT2D eigenvalue weighted by atomic mass is 10.1. The van der Waals surface area contributed by atoms with Crippen LogP contribution in [0.15, 0.2) is 24.3 Å². The van der Waals surface area contributed by atoms with Crippen LogP contribution in [0.5, 0.6) is 5.75 Å². The minimum absolute atomic E-state index is 0.180. The van der Waals surface area contributed by atoms with Crippen molar-refractivity contribution in [1.29, 1.82) is 0 Å². The molecule has 1 amide bonds. The number of hydrogen-bond acceptors (Lipinski definition) is 4. The fourth-order valence-electron chi connectivity index (χ4n) is 2.21. The normalized spacial score (nSPS) is 12.3. The molecule has 0 bridgehead atoms. The summed E-state index contributed by atoms with van der Waals surface area (Å²) >= 11 is 0. The molecule has 0 saturated heterocycles. The molecule has 0 saturated carbocycles. The fraction of sp³-hybridized carbons (Fsp3) is 0.562. The molecule has 0 unspecified atom stereocenters. The van der Waals surface area contributed by atoms with Crippen molar-refractivity contribution >= 4 is 15.9 Å². The van der Waals surface area contributed by atoms with Gasteiger partial charge in [-0.2, -0.15) is 4.31 Å². The third-order valence-electron chi connectivity index (χ3n) is 3.31. The predicted molar refractivity (Wildman–Crippen MR) is 91.0 cm³/mol. The van der Waals surface area contributed by atoms with E-state index in [1.54, 1.807) is 27.9 Å². The van der Waals surface area contributed by atoms with Crippen LogP contribution >= 0.6 is 0 Å². The molecular formula is C16H26N2O4S. The van der Waals surface area contributed by atoms with Gasteiger partial charge in [-0.25, -0.2) is 8.42 Å². The summed E-state index contributed by atoms with van der Waals surface area (Å²) in [6.07, 6.45) is 1.76. The number of amides is 1. The third kappa shape index (κ3) is 6.58. The second-order valence-electron chi connectivity index (χ2n) is 6.39. The average Bonchev–Trinajstić information content (AvgIpc) is 2.42. The molecule has 0 atom stereocenters. The zero-order valence-electron chi connectivity index (χ0n) is 14.4. The summed E-state index contributed by atoms with van der Waals surface area (Å²) in [6, 6.07) is 7.60. The van der Waals surface area contributed by atoms with E-state index in [1.165, 1.54) is 4.31 Å². The van der Waals surface area contributed by atoms with E-state index in [0.717, 1.165) is 17.6 Å². The maximum absolute atomic E-state index is 12.0. The van der Waals surface area contributed by atoms with Crippen molar-refractivity contribution in [2.45, 2.75) is 32.7 Å². The minimum atomic E-state index is -3.45. The van der Waals surface area contributed by atoms with Crippen LogP contribution < -0.4 is 10.1 Å². The Kier molecular flexibility index (Phi) is 6.58. The highest BCUT2D eigenvalue weighted by atomic mass is 32.2. The molecule has 6 nitrogen and oxygen atoms in total. The Hall–Kier alpha value is -1.60. The summed E-state index contributed by atoms with van der Waals surface area (Å²) in [7, 11) is -1.84. The van der Waals surface area contributed by atoms with Crippen molar-refractivity contribution < 1.29 is 17.9 Å². The van der Waals surface area contributed by atoms with E-state index < -0.39 is 15.6 Å². The molecular weight excluding hydrogens is 316 g/mol. The largest absolute Gasteiger partial charge is 0.497 e. The SMILES string of the molecule is COc1cccc(CCNC(=O)CN(C(C)(C)C)S(C)(=O)=O)c1. The van der Waals surface area contributed by atoms with Crippen molar-refractivity contribution in [2.75, 3.05) is 26.5 Å². The minimum Gasteiger partial charge on any atom is -0.497 e. The summed E-state index contributed by atoms with van der Waals surface area (Å²) in [5, 5.41) is 2.76. The lowest BCUT2D eigenvalue weighted by Crippen LogP contribution is -2.50. The Bertz CT molecular complexity index is 636. The summed E-state index contributed by atoms with van der Waals surface area (Å²) < 4.78 is 30.0.